The molecule has 2 amide bonds. The highest BCUT2D eigenvalue weighted by Crippen LogP contribution is 2.35. The van der Waals surface area contributed by atoms with E-state index in [2.05, 4.69) is 10.3 Å². The maximum atomic E-state index is 13.6. The second-order valence-corrected chi connectivity index (χ2v) is 8.29. The Labute approximate surface area is 215 Å². The van der Waals surface area contributed by atoms with Crippen molar-refractivity contribution in [2.24, 2.45) is 5.73 Å². The number of aromatic nitrogens is 3. The first kappa shape index (κ1) is 25.5. The van der Waals surface area contributed by atoms with E-state index in [9.17, 15) is 19.2 Å². The molecule has 1 atom stereocenters. The van der Waals surface area contributed by atoms with Gasteiger partial charge >= 0.3 is 5.69 Å². The maximum absolute atomic E-state index is 13.6. The fourth-order valence-electron chi connectivity index (χ4n) is 4.00. The molecule has 0 spiro atoms. The average molecular weight is 524 g/mol. The molecule has 12 heteroatoms. The van der Waals surface area contributed by atoms with E-state index in [4.69, 9.17) is 26.8 Å². The summed E-state index contributed by atoms with van der Waals surface area (Å²) in [5, 5.41) is 3.02. The molecule has 0 saturated carbocycles. The molecule has 2 aromatic carbocycles. The molecule has 0 saturated heterocycles. The second-order valence-electron chi connectivity index (χ2n) is 7.88. The number of carbonyl (C=O) groups is 2. The molecule has 190 valence electrons. The molecular formula is C25H22ClN5O6. The molecule has 37 heavy (non-hydrogen) atoms. The lowest BCUT2D eigenvalue weighted by Gasteiger charge is -2.20. The largest absolute Gasteiger partial charge is 0.495 e. The number of benzene rings is 2. The first-order chi connectivity index (χ1) is 17.8. The summed E-state index contributed by atoms with van der Waals surface area (Å²) in [6.45, 7) is -0.492. The second kappa shape index (κ2) is 10.5. The molecule has 2 heterocycles. The lowest BCUT2D eigenvalue weighted by atomic mass is 10.1. The van der Waals surface area contributed by atoms with Crippen molar-refractivity contribution in [3.05, 3.63) is 92.3 Å². The molecule has 0 aliphatic carbocycles. The van der Waals surface area contributed by atoms with E-state index in [-0.39, 0.29) is 27.4 Å². The minimum Gasteiger partial charge on any atom is -0.495 e. The summed E-state index contributed by atoms with van der Waals surface area (Å²) in [5.41, 5.74) is 4.76. The van der Waals surface area contributed by atoms with Crippen molar-refractivity contribution in [2.45, 2.75) is 12.6 Å². The van der Waals surface area contributed by atoms with Gasteiger partial charge in [0.1, 0.15) is 24.1 Å². The normalized spacial score (nSPS) is 11.6. The zero-order valence-electron chi connectivity index (χ0n) is 19.8. The summed E-state index contributed by atoms with van der Waals surface area (Å²) in [6.07, 6.45) is 2.83. The smallest absolute Gasteiger partial charge is 0.332 e. The van der Waals surface area contributed by atoms with E-state index >= 15 is 0 Å². The minimum absolute atomic E-state index is 0.125. The van der Waals surface area contributed by atoms with Gasteiger partial charge in [0.05, 0.1) is 35.8 Å². The predicted molar refractivity (Wildman–Crippen MR) is 137 cm³/mol. The lowest BCUT2D eigenvalue weighted by Crippen LogP contribution is -2.47. The van der Waals surface area contributed by atoms with Gasteiger partial charge in [-0.2, -0.15) is 0 Å². The molecule has 3 N–H and O–H groups in total. The van der Waals surface area contributed by atoms with E-state index in [0.29, 0.717) is 11.3 Å². The van der Waals surface area contributed by atoms with Crippen molar-refractivity contribution in [3.8, 4) is 11.5 Å². The number of nitrogens with zero attached hydrogens (tertiary/aromatic N) is 3. The van der Waals surface area contributed by atoms with Crippen LogP contribution in [-0.2, 0) is 16.1 Å². The van der Waals surface area contributed by atoms with E-state index in [1.54, 1.807) is 12.1 Å². The molecule has 4 rings (SSSR count). The Hall–Kier alpha value is -4.64. The zero-order valence-corrected chi connectivity index (χ0v) is 20.6. The summed E-state index contributed by atoms with van der Waals surface area (Å²) in [6, 6.07) is 10.8. The van der Waals surface area contributed by atoms with Gasteiger partial charge in [-0.3, -0.25) is 23.9 Å². The summed E-state index contributed by atoms with van der Waals surface area (Å²) in [7, 11) is 2.85. The standard InChI is InChI=1S/C25H22ClN5O6/c1-36-19-12-20(37-2)17(11-16(19)26)29-21(32)13-30-18-6-4-3-5-15(18)24(34)31(25(30)35)22(23(27)33)14-7-9-28-10-8-14/h3-12,22H,13H2,1-2H3,(H2,27,33)(H,29,32). The van der Waals surface area contributed by atoms with Crippen molar-refractivity contribution in [1.29, 1.82) is 0 Å². The molecule has 0 aliphatic rings. The highest BCUT2D eigenvalue weighted by Gasteiger charge is 2.27. The van der Waals surface area contributed by atoms with Gasteiger partial charge in [0.15, 0.2) is 0 Å². The Morgan fingerprint density at radius 1 is 1.05 bits per heavy atom. The van der Waals surface area contributed by atoms with Crippen molar-refractivity contribution >= 4 is 40.0 Å². The van der Waals surface area contributed by atoms with E-state index < -0.39 is 35.6 Å². The van der Waals surface area contributed by atoms with Crippen molar-refractivity contribution in [2.75, 3.05) is 19.5 Å². The lowest BCUT2D eigenvalue weighted by molar-refractivity contribution is -0.120. The number of fused-ring (bicyclic) bond motifs is 1. The minimum atomic E-state index is -1.41. The molecule has 0 radical (unpaired) electrons. The number of rotatable bonds is 8. The van der Waals surface area contributed by atoms with Crippen LogP contribution < -0.4 is 31.8 Å². The Balaban J connectivity index is 1.83. The predicted octanol–water partition coefficient (Wildman–Crippen LogP) is 1.94. The maximum Gasteiger partial charge on any atom is 0.332 e. The van der Waals surface area contributed by atoms with Gasteiger partial charge in [0.2, 0.25) is 11.8 Å². The van der Waals surface area contributed by atoms with Gasteiger partial charge in [0, 0.05) is 18.5 Å². The van der Waals surface area contributed by atoms with Crippen LogP contribution >= 0.6 is 11.6 Å². The van der Waals surface area contributed by atoms with E-state index in [1.807, 2.05) is 0 Å². The van der Waals surface area contributed by atoms with Crippen LogP contribution in [0, 0.1) is 0 Å². The highest BCUT2D eigenvalue weighted by molar-refractivity contribution is 6.32. The van der Waals surface area contributed by atoms with Crippen LogP contribution in [0.25, 0.3) is 10.9 Å². The van der Waals surface area contributed by atoms with Gasteiger partial charge in [-0.25, -0.2) is 9.36 Å². The van der Waals surface area contributed by atoms with Crippen LogP contribution in [0.3, 0.4) is 0 Å². The Kier molecular flexibility index (Phi) is 7.25. The average Bonchev–Trinajstić information content (AvgIpc) is 2.89. The van der Waals surface area contributed by atoms with Crippen LogP contribution in [0.15, 0.2) is 70.5 Å². The molecular weight excluding hydrogens is 502 g/mol. The fourth-order valence-corrected chi connectivity index (χ4v) is 4.24. The zero-order chi connectivity index (χ0) is 26.7. The molecule has 11 nitrogen and oxygen atoms in total. The number of para-hydroxylation sites is 1. The molecule has 0 bridgehead atoms. The van der Waals surface area contributed by atoms with Crippen LogP contribution in [0.1, 0.15) is 11.6 Å². The summed E-state index contributed by atoms with van der Waals surface area (Å²) in [5.74, 6) is -0.909. The quantitative estimate of drug-likeness (QED) is 0.358. The molecule has 0 fully saturated rings. The number of nitrogens with two attached hydrogens (primary N) is 1. The number of anilines is 1. The van der Waals surface area contributed by atoms with Gasteiger partial charge in [-0.05, 0) is 35.9 Å². The van der Waals surface area contributed by atoms with Crippen LogP contribution in [-0.4, -0.2) is 40.2 Å². The number of methoxy groups -OCH3 is 2. The van der Waals surface area contributed by atoms with E-state index in [1.165, 1.54) is 63.0 Å². The Morgan fingerprint density at radius 3 is 2.38 bits per heavy atom. The number of amides is 2. The summed E-state index contributed by atoms with van der Waals surface area (Å²) < 4.78 is 12.3. The Bertz CT molecular complexity index is 1620. The van der Waals surface area contributed by atoms with Crippen LogP contribution in [0.5, 0.6) is 11.5 Å². The van der Waals surface area contributed by atoms with Gasteiger partial charge in [0.25, 0.3) is 5.56 Å². The van der Waals surface area contributed by atoms with Gasteiger partial charge in [-0.15, -0.1) is 0 Å². The molecule has 4 aromatic rings. The van der Waals surface area contributed by atoms with Crippen LogP contribution in [0.4, 0.5) is 5.69 Å². The summed E-state index contributed by atoms with van der Waals surface area (Å²) >= 11 is 6.19. The first-order valence-electron chi connectivity index (χ1n) is 10.9. The third-order valence-corrected chi connectivity index (χ3v) is 5.98. The monoisotopic (exact) mass is 523 g/mol. The van der Waals surface area contributed by atoms with Gasteiger partial charge in [-0.1, -0.05) is 23.7 Å². The first-order valence-corrected chi connectivity index (χ1v) is 11.3. The van der Waals surface area contributed by atoms with E-state index in [0.717, 1.165) is 9.13 Å². The number of pyridine rings is 1. The number of halogens is 1. The fraction of sp³-hybridized carbons (Fsp3) is 0.160. The number of primary amides is 1. The number of nitrogens with one attached hydrogen (secondary N) is 1. The van der Waals surface area contributed by atoms with Crippen molar-refractivity contribution in [3.63, 3.8) is 0 Å². The number of hydrogen-bond acceptors (Lipinski definition) is 7. The highest BCUT2D eigenvalue weighted by atomic mass is 35.5. The number of ether oxygens (including phenoxy) is 2. The van der Waals surface area contributed by atoms with Crippen molar-refractivity contribution in [1.82, 2.24) is 14.1 Å². The van der Waals surface area contributed by atoms with Crippen LogP contribution in [0.2, 0.25) is 5.02 Å². The van der Waals surface area contributed by atoms with Crippen molar-refractivity contribution < 1.29 is 19.1 Å². The number of carbonyl (C=O) groups excluding carboxylic acids is 2. The third-order valence-electron chi connectivity index (χ3n) is 5.68. The number of hydrogen-bond donors (Lipinski definition) is 2. The third kappa shape index (κ3) is 4.89. The summed E-state index contributed by atoms with van der Waals surface area (Å²) in [4.78, 5) is 56.4. The van der Waals surface area contributed by atoms with Gasteiger partial charge < -0.3 is 20.5 Å². The topological polar surface area (TPSA) is 148 Å². The SMILES string of the molecule is COc1cc(OC)c(NC(=O)Cn2c(=O)n(C(C(N)=O)c3ccncc3)c(=O)c3ccccc32)cc1Cl. The molecule has 1 unspecified atom stereocenters. The Morgan fingerprint density at radius 2 is 1.73 bits per heavy atom. The molecule has 2 aromatic heterocycles. The molecule has 0 aliphatic heterocycles.